The molecule has 192 valence electrons. The van der Waals surface area contributed by atoms with E-state index in [0.717, 1.165) is 72.6 Å². The molecule has 0 aliphatic carbocycles. The first-order chi connectivity index (χ1) is 18.1. The van der Waals surface area contributed by atoms with Gasteiger partial charge in [0.15, 0.2) is 5.69 Å². The second-order valence-electron chi connectivity index (χ2n) is 10.0. The summed E-state index contributed by atoms with van der Waals surface area (Å²) in [4.78, 5) is 26.5. The Morgan fingerprint density at radius 1 is 1.11 bits per heavy atom. The minimum absolute atomic E-state index is 0.259. The summed E-state index contributed by atoms with van der Waals surface area (Å²) in [5, 5.41) is 11.0. The van der Waals surface area contributed by atoms with Crippen molar-refractivity contribution in [2.24, 2.45) is 4.99 Å². The van der Waals surface area contributed by atoms with Gasteiger partial charge in [-0.05, 0) is 100 Å². The Kier molecular flexibility index (Phi) is 7.87. The number of hydrogen-bond donors (Lipinski definition) is 2. The maximum atomic E-state index is 13.1. The Bertz CT molecular complexity index is 1310. The quantitative estimate of drug-likeness (QED) is 0.325. The molecule has 0 bridgehead atoms. The number of piperidine rings is 1. The van der Waals surface area contributed by atoms with Crippen LogP contribution in [0.25, 0.3) is 16.5 Å². The van der Waals surface area contributed by atoms with E-state index < -0.39 is 0 Å². The van der Waals surface area contributed by atoms with Gasteiger partial charge < -0.3 is 5.32 Å². The predicted octanol–water partition coefficient (Wildman–Crippen LogP) is 4.89. The molecule has 5 rings (SSSR count). The fourth-order valence-corrected chi connectivity index (χ4v) is 4.96. The van der Waals surface area contributed by atoms with Crippen LogP contribution in [0.2, 0.25) is 0 Å². The molecular formula is C29H35N7O. The number of allylic oxidation sites excluding steroid dienone is 1. The number of carbonyl (C=O) groups excluding carboxylic acids is 1. The maximum Gasteiger partial charge on any atom is 0.276 e. The first-order valence-electron chi connectivity index (χ1n) is 13.1. The summed E-state index contributed by atoms with van der Waals surface area (Å²) in [6.45, 7) is 11.9. The molecule has 0 spiro atoms. The number of aromatic nitrogens is 3. The Morgan fingerprint density at radius 3 is 2.62 bits per heavy atom. The number of benzene rings is 1. The lowest BCUT2D eigenvalue weighted by Crippen LogP contribution is -2.38. The molecular weight excluding hydrogens is 462 g/mol. The predicted molar refractivity (Wildman–Crippen MR) is 150 cm³/mol. The Labute approximate surface area is 218 Å². The monoisotopic (exact) mass is 497 g/mol. The Balaban J connectivity index is 1.29. The molecule has 1 aromatic carbocycles. The van der Waals surface area contributed by atoms with E-state index in [1.165, 1.54) is 25.7 Å². The Morgan fingerprint density at radius 2 is 1.92 bits per heavy atom. The largest absolute Gasteiger partial charge is 0.319 e. The topological polar surface area (TPSA) is 89.5 Å². The second kappa shape index (κ2) is 11.6. The molecule has 2 aromatic heterocycles. The van der Waals surface area contributed by atoms with E-state index in [0.29, 0.717) is 11.4 Å². The molecule has 3 aromatic rings. The van der Waals surface area contributed by atoms with E-state index in [-0.39, 0.29) is 5.91 Å². The zero-order valence-electron chi connectivity index (χ0n) is 21.5. The lowest BCUT2D eigenvalue weighted by Gasteiger charge is -2.30. The number of likely N-dealkylation sites (tertiary alicyclic amines) is 2. The standard InChI is InChI=1S/C29H35N7O/c1-21(15-22(17-30-2)19-35-13-6-14-35)23-7-10-27-26(16-23)28(34-33-27)29(37)32-24-8-9-25(31-18-24)20-36-11-4-3-5-12-36/h7-10,15-18H,2-6,11-14,19-20H2,1H3,(H,32,37)(H,33,34)/b21-15+,22-17+. The minimum atomic E-state index is -0.259. The smallest absolute Gasteiger partial charge is 0.276 e. The van der Waals surface area contributed by atoms with Crippen LogP contribution in [0.1, 0.15) is 54.4 Å². The lowest BCUT2D eigenvalue weighted by molar-refractivity contribution is 0.102. The van der Waals surface area contributed by atoms with Crippen molar-refractivity contribution in [1.29, 1.82) is 0 Å². The van der Waals surface area contributed by atoms with Crippen LogP contribution in [0, 0.1) is 0 Å². The van der Waals surface area contributed by atoms with Crippen LogP contribution >= 0.6 is 0 Å². The molecule has 2 fully saturated rings. The average Bonchev–Trinajstić information content (AvgIpc) is 3.31. The number of hydrogen-bond acceptors (Lipinski definition) is 6. The van der Waals surface area contributed by atoms with Gasteiger partial charge >= 0.3 is 0 Å². The molecule has 0 radical (unpaired) electrons. The Hall–Kier alpha value is -3.62. The van der Waals surface area contributed by atoms with Gasteiger partial charge in [0, 0.05) is 24.7 Å². The van der Waals surface area contributed by atoms with E-state index in [9.17, 15) is 4.79 Å². The summed E-state index contributed by atoms with van der Waals surface area (Å²) in [7, 11) is 0. The van der Waals surface area contributed by atoms with Crippen molar-refractivity contribution in [3.05, 3.63) is 71.3 Å². The third kappa shape index (κ3) is 6.21. The van der Waals surface area contributed by atoms with Crippen molar-refractivity contribution in [2.45, 2.75) is 39.2 Å². The van der Waals surface area contributed by atoms with Gasteiger partial charge in [0.2, 0.25) is 0 Å². The lowest BCUT2D eigenvalue weighted by atomic mass is 10.0. The highest BCUT2D eigenvalue weighted by Crippen LogP contribution is 2.25. The molecule has 2 N–H and O–H groups in total. The number of aromatic amines is 1. The molecule has 0 atom stereocenters. The summed E-state index contributed by atoms with van der Waals surface area (Å²) in [5.74, 6) is -0.259. The van der Waals surface area contributed by atoms with Gasteiger partial charge in [0.25, 0.3) is 5.91 Å². The second-order valence-corrected chi connectivity index (χ2v) is 10.0. The fraction of sp³-hybridized carbons (Fsp3) is 0.379. The minimum Gasteiger partial charge on any atom is -0.319 e. The van der Waals surface area contributed by atoms with Gasteiger partial charge in [-0.1, -0.05) is 18.6 Å². The number of aliphatic imine (C=N–C) groups is 1. The van der Waals surface area contributed by atoms with Gasteiger partial charge in [-0.3, -0.25) is 29.7 Å². The molecule has 8 nitrogen and oxygen atoms in total. The number of amides is 1. The number of fused-ring (bicyclic) bond motifs is 1. The number of carbonyl (C=O) groups is 1. The average molecular weight is 498 g/mol. The first kappa shape index (κ1) is 25.0. The van der Waals surface area contributed by atoms with Crippen LogP contribution < -0.4 is 5.32 Å². The number of rotatable bonds is 9. The fourth-order valence-electron chi connectivity index (χ4n) is 4.96. The van der Waals surface area contributed by atoms with E-state index in [2.05, 4.69) is 55.0 Å². The molecule has 2 aliphatic rings. The molecule has 2 aliphatic heterocycles. The first-order valence-corrected chi connectivity index (χ1v) is 13.1. The zero-order valence-corrected chi connectivity index (χ0v) is 21.5. The van der Waals surface area contributed by atoms with Crippen LogP contribution in [0.3, 0.4) is 0 Å². The van der Waals surface area contributed by atoms with Gasteiger partial charge in [-0.25, -0.2) is 0 Å². The molecule has 0 saturated carbocycles. The van der Waals surface area contributed by atoms with E-state index >= 15 is 0 Å². The number of pyridine rings is 1. The van der Waals surface area contributed by atoms with Crippen molar-refractivity contribution in [3.63, 3.8) is 0 Å². The van der Waals surface area contributed by atoms with Crippen molar-refractivity contribution >= 4 is 34.8 Å². The van der Waals surface area contributed by atoms with Gasteiger partial charge in [-0.2, -0.15) is 5.10 Å². The highest BCUT2D eigenvalue weighted by molar-refractivity contribution is 6.11. The SMILES string of the molecule is C=N/C=C(\C=C(/C)c1ccc2[nH]nc(C(=O)Nc3ccc(CN4CCCCC4)nc3)c2c1)CN1CCC1. The van der Waals surface area contributed by atoms with Gasteiger partial charge in [0.1, 0.15) is 0 Å². The number of anilines is 1. The molecule has 8 heteroatoms. The van der Waals surface area contributed by atoms with Gasteiger partial charge in [0.05, 0.1) is 23.1 Å². The summed E-state index contributed by atoms with van der Waals surface area (Å²) >= 11 is 0. The number of H-pyrrole nitrogens is 1. The van der Waals surface area contributed by atoms with Crippen LogP contribution in [0.5, 0.6) is 0 Å². The van der Waals surface area contributed by atoms with E-state index in [1.807, 2.05) is 36.5 Å². The summed E-state index contributed by atoms with van der Waals surface area (Å²) in [6, 6.07) is 9.93. The summed E-state index contributed by atoms with van der Waals surface area (Å²) < 4.78 is 0. The van der Waals surface area contributed by atoms with Gasteiger partial charge in [-0.15, -0.1) is 0 Å². The molecule has 4 heterocycles. The van der Waals surface area contributed by atoms with Crippen molar-refractivity contribution in [1.82, 2.24) is 25.0 Å². The molecule has 37 heavy (non-hydrogen) atoms. The zero-order chi connectivity index (χ0) is 25.6. The number of nitrogens with zero attached hydrogens (tertiary/aromatic N) is 5. The molecule has 0 unspecified atom stereocenters. The highest BCUT2D eigenvalue weighted by Gasteiger charge is 2.17. The highest BCUT2D eigenvalue weighted by atomic mass is 16.1. The summed E-state index contributed by atoms with van der Waals surface area (Å²) in [6.07, 6.45) is 10.8. The van der Waals surface area contributed by atoms with E-state index in [4.69, 9.17) is 0 Å². The summed E-state index contributed by atoms with van der Waals surface area (Å²) in [5.41, 5.74) is 6.11. The third-order valence-electron chi connectivity index (χ3n) is 7.16. The van der Waals surface area contributed by atoms with Crippen molar-refractivity contribution in [2.75, 3.05) is 38.0 Å². The van der Waals surface area contributed by atoms with E-state index in [1.54, 1.807) is 6.20 Å². The maximum absolute atomic E-state index is 13.1. The van der Waals surface area contributed by atoms with Crippen LogP contribution in [0.15, 0.2) is 59.4 Å². The molecule has 2 saturated heterocycles. The van der Waals surface area contributed by atoms with Crippen molar-refractivity contribution in [3.8, 4) is 0 Å². The van der Waals surface area contributed by atoms with Crippen LogP contribution in [-0.4, -0.2) is 70.3 Å². The molecule has 1 amide bonds. The third-order valence-corrected chi connectivity index (χ3v) is 7.16. The van der Waals surface area contributed by atoms with Crippen molar-refractivity contribution < 1.29 is 4.79 Å². The van der Waals surface area contributed by atoms with Crippen LogP contribution in [0.4, 0.5) is 5.69 Å². The number of nitrogens with one attached hydrogen (secondary N) is 2. The van der Waals surface area contributed by atoms with Crippen LogP contribution in [-0.2, 0) is 6.54 Å². The normalized spacial score (nSPS) is 17.5.